The number of aliphatic imine (C=N–C) groups is 1. The third-order valence-corrected chi connectivity index (χ3v) is 3.82. The normalized spacial score (nSPS) is 27.2. The van der Waals surface area contributed by atoms with Crippen molar-refractivity contribution in [1.29, 1.82) is 0 Å². The minimum Gasteiger partial charge on any atom is -0.487 e. The lowest BCUT2D eigenvalue weighted by atomic mass is 9.77. The van der Waals surface area contributed by atoms with E-state index in [2.05, 4.69) is 4.99 Å². The highest BCUT2D eigenvalue weighted by Gasteiger charge is 2.55. The van der Waals surface area contributed by atoms with Crippen LogP contribution in [0, 0.1) is 0 Å². The Hall–Kier alpha value is -2.24. The monoisotopic (exact) mass is 274 g/mol. The summed E-state index contributed by atoms with van der Waals surface area (Å²) in [7, 11) is 1.63. The Bertz CT molecular complexity index is 638. The molecular weight excluding hydrogens is 256 g/mol. The first-order valence-electron chi connectivity index (χ1n) is 6.48. The van der Waals surface area contributed by atoms with Gasteiger partial charge in [-0.05, 0) is 32.0 Å². The lowest BCUT2D eigenvalue weighted by Gasteiger charge is -2.41. The number of guanidine groups is 1. The van der Waals surface area contributed by atoms with Gasteiger partial charge >= 0.3 is 0 Å². The zero-order valence-electron chi connectivity index (χ0n) is 11.8. The molecule has 6 nitrogen and oxygen atoms in total. The molecule has 6 heteroatoms. The molecule has 2 heterocycles. The minimum atomic E-state index is -1.02. The molecule has 1 amide bonds. The van der Waals surface area contributed by atoms with Gasteiger partial charge in [-0.15, -0.1) is 0 Å². The van der Waals surface area contributed by atoms with Crippen LogP contribution < -0.4 is 16.2 Å². The lowest BCUT2D eigenvalue weighted by Crippen LogP contribution is -2.49. The number of carbonyl (C=O) groups is 1. The van der Waals surface area contributed by atoms with Gasteiger partial charge in [0.05, 0.1) is 0 Å². The molecule has 0 fully saturated rings. The van der Waals surface area contributed by atoms with Crippen LogP contribution in [0.4, 0.5) is 5.69 Å². The van der Waals surface area contributed by atoms with Crippen LogP contribution in [0.3, 0.4) is 0 Å². The highest BCUT2D eigenvalue weighted by Crippen LogP contribution is 2.49. The summed E-state index contributed by atoms with van der Waals surface area (Å²) in [5.74, 6) is 0.718. The Morgan fingerprint density at radius 1 is 1.35 bits per heavy atom. The molecule has 0 radical (unpaired) electrons. The molecule has 0 aromatic heterocycles. The van der Waals surface area contributed by atoms with Crippen LogP contribution in [0.15, 0.2) is 23.2 Å². The Labute approximate surface area is 117 Å². The van der Waals surface area contributed by atoms with Gasteiger partial charge in [0.25, 0.3) is 5.91 Å². The van der Waals surface area contributed by atoms with Gasteiger partial charge in [-0.2, -0.15) is 0 Å². The lowest BCUT2D eigenvalue weighted by molar-refractivity contribution is -0.133. The fourth-order valence-corrected chi connectivity index (χ4v) is 3.00. The Kier molecular flexibility index (Phi) is 2.33. The number of anilines is 1. The molecule has 1 aromatic rings. The zero-order valence-corrected chi connectivity index (χ0v) is 11.8. The van der Waals surface area contributed by atoms with Crippen molar-refractivity contribution in [1.82, 2.24) is 4.90 Å². The minimum absolute atomic E-state index is 0.141. The molecule has 1 unspecified atom stereocenters. The molecule has 0 aliphatic carbocycles. The van der Waals surface area contributed by atoms with Crippen molar-refractivity contribution in [3.8, 4) is 5.75 Å². The van der Waals surface area contributed by atoms with Crippen molar-refractivity contribution in [2.45, 2.75) is 31.4 Å². The second kappa shape index (κ2) is 3.65. The number of amides is 1. The quantitative estimate of drug-likeness (QED) is 0.685. The average Bonchev–Trinajstić information content (AvgIpc) is 2.55. The van der Waals surface area contributed by atoms with Crippen molar-refractivity contribution >= 4 is 17.6 Å². The predicted octanol–water partition coefficient (Wildman–Crippen LogP) is 0.812. The summed E-state index contributed by atoms with van der Waals surface area (Å²) in [6.45, 7) is 3.87. The molecule has 20 heavy (non-hydrogen) atoms. The van der Waals surface area contributed by atoms with Crippen LogP contribution in [0.25, 0.3) is 0 Å². The van der Waals surface area contributed by atoms with E-state index < -0.39 is 11.1 Å². The third kappa shape index (κ3) is 1.57. The summed E-state index contributed by atoms with van der Waals surface area (Å²) in [5.41, 5.74) is 11.4. The molecular formula is C14H18N4O2. The number of nitrogens with zero attached hydrogens (tertiary/aromatic N) is 2. The molecule has 1 aromatic carbocycles. The molecule has 3 rings (SSSR count). The highest BCUT2D eigenvalue weighted by atomic mass is 16.5. The number of rotatable bonds is 0. The van der Waals surface area contributed by atoms with E-state index in [-0.39, 0.29) is 11.9 Å². The van der Waals surface area contributed by atoms with Crippen LogP contribution in [0.1, 0.15) is 25.8 Å². The van der Waals surface area contributed by atoms with Gasteiger partial charge in [0.2, 0.25) is 0 Å². The van der Waals surface area contributed by atoms with E-state index >= 15 is 0 Å². The Morgan fingerprint density at radius 3 is 2.65 bits per heavy atom. The number of hydrogen-bond acceptors (Lipinski definition) is 5. The van der Waals surface area contributed by atoms with Crippen molar-refractivity contribution < 1.29 is 9.53 Å². The van der Waals surface area contributed by atoms with Crippen LogP contribution in [-0.4, -0.2) is 29.4 Å². The second-order valence-corrected chi connectivity index (χ2v) is 5.99. The molecule has 0 saturated heterocycles. The maximum absolute atomic E-state index is 12.7. The summed E-state index contributed by atoms with van der Waals surface area (Å²) in [6, 6.07) is 5.28. The number of fused-ring (bicyclic) bond motifs is 2. The molecule has 2 aliphatic heterocycles. The predicted molar refractivity (Wildman–Crippen MR) is 76.2 cm³/mol. The first-order chi connectivity index (χ1) is 9.25. The van der Waals surface area contributed by atoms with E-state index in [0.29, 0.717) is 23.4 Å². The largest absolute Gasteiger partial charge is 0.487 e. The smallest absolute Gasteiger partial charge is 0.261 e. The summed E-state index contributed by atoms with van der Waals surface area (Å²) in [5, 5.41) is 0. The summed E-state index contributed by atoms with van der Waals surface area (Å²) >= 11 is 0. The number of benzene rings is 1. The van der Waals surface area contributed by atoms with Crippen LogP contribution in [0.5, 0.6) is 5.75 Å². The number of nitrogens with two attached hydrogens (primary N) is 2. The Morgan fingerprint density at radius 2 is 2.05 bits per heavy atom. The van der Waals surface area contributed by atoms with E-state index in [1.165, 1.54) is 4.90 Å². The van der Waals surface area contributed by atoms with Gasteiger partial charge in [0, 0.05) is 24.7 Å². The molecule has 106 valence electrons. The SMILES string of the molecule is CN1C(=O)C2(CC(C)(C)Oc3ccc(N)cc32)N=C1N. The van der Waals surface area contributed by atoms with E-state index in [0.717, 1.165) is 0 Å². The number of ether oxygens (including phenoxy) is 1. The van der Waals surface area contributed by atoms with E-state index in [4.69, 9.17) is 16.2 Å². The van der Waals surface area contributed by atoms with Gasteiger partial charge in [-0.25, -0.2) is 4.99 Å². The van der Waals surface area contributed by atoms with E-state index in [9.17, 15) is 4.79 Å². The van der Waals surface area contributed by atoms with E-state index in [1.54, 1.807) is 25.2 Å². The van der Waals surface area contributed by atoms with Gasteiger partial charge < -0.3 is 16.2 Å². The van der Waals surface area contributed by atoms with Crippen LogP contribution in [-0.2, 0) is 10.3 Å². The molecule has 0 bridgehead atoms. The van der Waals surface area contributed by atoms with Crippen LogP contribution >= 0.6 is 0 Å². The standard InChI is InChI=1S/C14H18N4O2/c1-13(2)7-14(11(19)18(3)12(16)17-14)9-6-8(15)4-5-10(9)20-13/h4-6H,7,15H2,1-3H3,(H2,16,17). The summed E-state index contributed by atoms with van der Waals surface area (Å²) in [6.07, 6.45) is 0.431. The maximum atomic E-state index is 12.7. The third-order valence-electron chi connectivity index (χ3n) is 3.82. The van der Waals surface area contributed by atoms with E-state index in [1.807, 2.05) is 13.8 Å². The van der Waals surface area contributed by atoms with Gasteiger partial charge in [-0.3, -0.25) is 9.69 Å². The van der Waals surface area contributed by atoms with Gasteiger partial charge in [-0.1, -0.05) is 0 Å². The maximum Gasteiger partial charge on any atom is 0.261 e. The summed E-state index contributed by atoms with van der Waals surface area (Å²) < 4.78 is 5.94. The van der Waals surface area contributed by atoms with Crippen molar-refractivity contribution in [3.05, 3.63) is 23.8 Å². The zero-order chi connectivity index (χ0) is 14.7. The van der Waals surface area contributed by atoms with Crippen molar-refractivity contribution in [2.24, 2.45) is 10.7 Å². The molecule has 4 N–H and O–H groups in total. The number of carbonyl (C=O) groups excluding carboxylic acids is 1. The molecule has 1 atom stereocenters. The first-order valence-corrected chi connectivity index (χ1v) is 6.48. The molecule has 1 spiro atoms. The number of likely N-dealkylation sites (N-methyl/N-ethyl adjacent to an activating group) is 1. The first kappa shape index (κ1) is 12.8. The van der Waals surface area contributed by atoms with Gasteiger partial charge in [0.1, 0.15) is 11.4 Å². The fourth-order valence-electron chi connectivity index (χ4n) is 3.00. The number of hydrogen-bond donors (Lipinski definition) is 2. The fraction of sp³-hybridized carbons (Fsp3) is 0.429. The summed E-state index contributed by atoms with van der Waals surface area (Å²) in [4.78, 5) is 18.5. The second-order valence-electron chi connectivity index (χ2n) is 5.99. The molecule has 2 aliphatic rings. The Balaban J connectivity index is 2.27. The van der Waals surface area contributed by atoms with Crippen molar-refractivity contribution in [3.63, 3.8) is 0 Å². The average molecular weight is 274 g/mol. The van der Waals surface area contributed by atoms with Crippen molar-refractivity contribution in [2.75, 3.05) is 12.8 Å². The topological polar surface area (TPSA) is 93.9 Å². The van der Waals surface area contributed by atoms with Gasteiger partial charge in [0.15, 0.2) is 11.5 Å². The van der Waals surface area contributed by atoms with Crippen LogP contribution in [0.2, 0.25) is 0 Å². The highest BCUT2D eigenvalue weighted by molar-refractivity contribution is 6.07. The number of nitrogen functional groups attached to an aromatic ring is 1. The molecule has 0 saturated carbocycles.